The maximum absolute atomic E-state index is 10.6. The molecule has 0 bridgehead atoms. The summed E-state index contributed by atoms with van der Waals surface area (Å²) in [5, 5.41) is 8.69. The van der Waals surface area contributed by atoms with Crippen LogP contribution in [0.25, 0.3) is 6.08 Å². The van der Waals surface area contributed by atoms with Gasteiger partial charge in [-0.15, -0.1) is 0 Å². The van der Waals surface area contributed by atoms with Crippen LogP contribution in [-0.4, -0.2) is 16.1 Å². The van der Waals surface area contributed by atoms with Gasteiger partial charge in [-0.25, -0.2) is 4.79 Å². The van der Waals surface area contributed by atoms with Crippen LogP contribution in [0, 0.1) is 6.92 Å². The van der Waals surface area contributed by atoms with Gasteiger partial charge in [0.25, 0.3) is 0 Å². The Hall–Kier alpha value is -2.62. The van der Waals surface area contributed by atoms with E-state index in [1.165, 1.54) is 6.08 Å². The Morgan fingerprint density at radius 3 is 2.89 bits per heavy atom. The van der Waals surface area contributed by atoms with Crippen LogP contribution in [-0.2, 0) is 4.79 Å². The minimum Gasteiger partial charge on any atom is -0.478 e. The second kappa shape index (κ2) is 5.82. The largest absolute Gasteiger partial charge is 0.478 e. The van der Waals surface area contributed by atoms with E-state index in [-0.39, 0.29) is 0 Å². The molecule has 1 aromatic heterocycles. The van der Waals surface area contributed by atoms with Gasteiger partial charge in [0.15, 0.2) is 0 Å². The first-order chi connectivity index (χ1) is 9.15. The molecule has 0 aliphatic heterocycles. The smallest absolute Gasteiger partial charge is 0.328 e. The molecular formula is C15H13NO3. The van der Waals surface area contributed by atoms with Crippen LogP contribution in [0.1, 0.15) is 11.1 Å². The van der Waals surface area contributed by atoms with Gasteiger partial charge in [-0.2, -0.15) is 0 Å². The minimum absolute atomic E-state index is 0.594. The topological polar surface area (TPSA) is 59.4 Å². The van der Waals surface area contributed by atoms with Crippen molar-refractivity contribution in [3.05, 3.63) is 59.9 Å². The Balaban J connectivity index is 2.32. The maximum atomic E-state index is 10.6. The monoisotopic (exact) mass is 255 g/mol. The van der Waals surface area contributed by atoms with Gasteiger partial charge in [0, 0.05) is 17.8 Å². The molecule has 2 aromatic rings. The number of benzene rings is 1. The van der Waals surface area contributed by atoms with Gasteiger partial charge in [-0.1, -0.05) is 11.6 Å². The van der Waals surface area contributed by atoms with Gasteiger partial charge in [0.1, 0.15) is 11.5 Å². The average Bonchev–Trinajstić information content (AvgIpc) is 2.40. The summed E-state index contributed by atoms with van der Waals surface area (Å²) in [6, 6.07) is 9.15. The van der Waals surface area contributed by atoms with E-state index >= 15 is 0 Å². The van der Waals surface area contributed by atoms with Crippen molar-refractivity contribution in [3.63, 3.8) is 0 Å². The normalized spacial score (nSPS) is 10.6. The van der Waals surface area contributed by atoms with Crippen molar-refractivity contribution < 1.29 is 14.6 Å². The number of aliphatic carboxylic acids is 1. The molecule has 19 heavy (non-hydrogen) atoms. The third-order valence-corrected chi connectivity index (χ3v) is 2.43. The van der Waals surface area contributed by atoms with Crippen molar-refractivity contribution in [1.82, 2.24) is 4.98 Å². The highest BCUT2D eigenvalue weighted by molar-refractivity contribution is 5.86. The van der Waals surface area contributed by atoms with Gasteiger partial charge < -0.3 is 9.84 Å². The van der Waals surface area contributed by atoms with Crippen molar-refractivity contribution in [2.75, 3.05) is 0 Å². The highest BCUT2D eigenvalue weighted by Crippen LogP contribution is 2.26. The van der Waals surface area contributed by atoms with Gasteiger partial charge in [-0.3, -0.25) is 4.98 Å². The number of carboxylic acid groups (broad SMARTS) is 1. The molecule has 4 heteroatoms. The van der Waals surface area contributed by atoms with Gasteiger partial charge in [-0.05, 0) is 37.3 Å². The van der Waals surface area contributed by atoms with Crippen LogP contribution in [0.5, 0.6) is 11.5 Å². The Bertz CT molecular complexity index is 606. The zero-order valence-electron chi connectivity index (χ0n) is 10.4. The molecule has 0 aliphatic carbocycles. The fourth-order valence-corrected chi connectivity index (χ4v) is 1.59. The third-order valence-electron chi connectivity index (χ3n) is 2.43. The number of carboxylic acids is 1. The van der Waals surface area contributed by atoms with Crippen LogP contribution in [0.3, 0.4) is 0 Å². The molecule has 0 aliphatic rings. The number of nitrogens with zero attached hydrogens (tertiary/aromatic N) is 1. The van der Waals surface area contributed by atoms with Crippen LogP contribution in [0.4, 0.5) is 0 Å². The van der Waals surface area contributed by atoms with E-state index in [0.717, 1.165) is 11.6 Å². The molecule has 1 N–H and O–H groups in total. The standard InChI is InChI=1S/C15H13NO3/c1-11-4-6-14(12(9-11)5-7-15(17)18)19-13-3-2-8-16-10-13/h2-10H,1H3,(H,17,18)/b7-5+. The van der Waals surface area contributed by atoms with E-state index in [1.807, 2.05) is 25.1 Å². The van der Waals surface area contributed by atoms with E-state index in [4.69, 9.17) is 9.84 Å². The summed E-state index contributed by atoms with van der Waals surface area (Å²) >= 11 is 0. The lowest BCUT2D eigenvalue weighted by molar-refractivity contribution is -0.131. The molecule has 2 rings (SSSR count). The Labute approximate surface area is 111 Å². The lowest BCUT2D eigenvalue weighted by Gasteiger charge is -2.09. The lowest BCUT2D eigenvalue weighted by atomic mass is 10.1. The van der Waals surface area contributed by atoms with Crippen LogP contribution < -0.4 is 4.74 Å². The first-order valence-electron chi connectivity index (χ1n) is 5.75. The van der Waals surface area contributed by atoms with Gasteiger partial charge >= 0.3 is 5.97 Å². The first-order valence-corrected chi connectivity index (χ1v) is 5.75. The molecule has 1 aromatic carbocycles. The fourth-order valence-electron chi connectivity index (χ4n) is 1.59. The second-order valence-corrected chi connectivity index (χ2v) is 4.00. The molecule has 96 valence electrons. The number of hydrogen-bond acceptors (Lipinski definition) is 3. The van der Waals surface area contributed by atoms with E-state index in [0.29, 0.717) is 17.1 Å². The molecule has 0 unspecified atom stereocenters. The highest BCUT2D eigenvalue weighted by atomic mass is 16.5. The predicted molar refractivity (Wildman–Crippen MR) is 72.2 cm³/mol. The lowest BCUT2D eigenvalue weighted by Crippen LogP contribution is -1.91. The summed E-state index contributed by atoms with van der Waals surface area (Å²) in [7, 11) is 0. The SMILES string of the molecule is Cc1ccc(Oc2cccnc2)c(/C=C/C(=O)O)c1. The molecular weight excluding hydrogens is 242 g/mol. The average molecular weight is 255 g/mol. The summed E-state index contributed by atoms with van der Waals surface area (Å²) in [6.07, 6.45) is 5.86. The molecule has 1 heterocycles. The maximum Gasteiger partial charge on any atom is 0.328 e. The summed E-state index contributed by atoms with van der Waals surface area (Å²) < 4.78 is 5.69. The zero-order chi connectivity index (χ0) is 13.7. The van der Waals surface area contributed by atoms with Crippen molar-refractivity contribution >= 4 is 12.0 Å². The number of carbonyl (C=O) groups is 1. The summed E-state index contributed by atoms with van der Waals surface area (Å²) in [6.45, 7) is 1.94. The van der Waals surface area contributed by atoms with Crippen LogP contribution in [0.15, 0.2) is 48.8 Å². The van der Waals surface area contributed by atoms with E-state index in [2.05, 4.69) is 4.98 Å². The quantitative estimate of drug-likeness (QED) is 0.852. The number of aryl methyl sites for hydroxylation is 1. The Kier molecular flexibility index (Phi) is 3.93. The molecule has 0 amide bonds. The summed E-state index contributed by atoms with van der Waals surface area (Å²) in [4.78, 5) is 14.6. The number of ether oxygens (including phenoxy) is 1. The van der Waals surface area contributed by atoms with Crippen molar-refractivity contribution in [3.8, 4) is 11.5 Å². The predicted octanol–water partition coefficient (Wildman–Crippen LogP) is 3.28. The van der Waals surface area contributed by atoms with Crippen LogP contribution in [0.2, 0.25) is 0 Å². The highest BCUT2D eigenvalue weighted by Gasteiger charge is 2.03. The summed E-state index contributed by atoms with van der Waals surface area (Å²) in [5.74, 6) is 0.210. The van der Waals surface area contributed by atoms with Gasteiger partial charge in [0.2, 0.25) is 0 Å². The molecule has 0 radical (unpaired) electrons. The van der Waals surface area contributed by atoms with Gasteiger partial charge in [0.05, 0.1) is 6.20 Å². The van der Waals surface area contributed by atoms with Crippen molar-refractivity contribution in [2.45, 2.75) is 6.92 Å². The Morgan fingerprint density at radius 1 is 1.37 bits per heavy atom. The minimum atomic E-state index is -0.992. The van der Waals surface area contributed by atoms with Crippen LogP contribution >= 0.6 is 0 Å². The van der Waals surface area contributed by atoms with Crippen molar-refractivity contribution in [2.24, 2.45) is 0 Å². The first kappa shape index (κ1) is 12.8. The molecule has 0 saturated heterocycles. The van der Waals surface area contributed by atoms with Crippen molar-refractivity contribution in [1.29, 1.82) is 0 Å². The summed E-state index contributed by atoms with van der Waals surface area (Å²) in [5.41, 5.74) is 1.75. The van der Waals surface area contributed by atoms with E-state index in [9.17, 15) is 4.79 Å². The molecule has 0 fully saturated rings. The Morgan fingerprint density at radius 2 is 2.21 bits per heavy atom. The third kappa shape index (κ3) is 3.67. The molecule has 4 nitrogen and oxygen atoms in total. The second-order valence-electron chi connectivity index (χ2n) is 4.00. The molecule has 0 saturated carbocycles. The number of rotatable bonds is 4. The number of pyridine rings is 1. The van der Waals surface area contributed by atoms with E-state index in [1.54, 1.807) is 24.5 Å². The fraction of sp³-hybridized carbons (Fsp3) is 0.0667. The molecule has 0 atom stereocenters. The zero-order valence-corrected chi connectivity index (χ0v) is 10.4. The number of hydrogen-bond donors (Lipinski definition) is 1. The molecule has 0 spiro atoms. The van der Waals surface area contributed by atoms with E-state index < -0.39 is 5.97 Å². The number of aromatic nitrogens is 1.